The molecule has 28 heavy (non-hydrogen) atoms. The maximum absolute atomic E-state index is 12.8. The summed E-state index contributed by atoms with van der Waals surface area (Å²) in [5.41, 5.74) is 1.68. The number of furan rings is 1. The molecule has 2 aromatic carbocycles. The number of carbonyl (C=O) groups is 1. The maximum Gasteiger partial charge on any atom is 0.241 e. The first kappa shape index (κ1) is 19.9. The van der Waals surface area contributed by atoms with Gasteiger partial charge in [0.15, 0.2) is 0 Å². The van der Waals surface area contributed by atoms with Crippen molar-refractivity contribution in [2.24, 2.45) is 0 Å². The lowest BCUT2D eigenvalue weighted by Gasteiger charge is -2.19. The Morgan fingerprint density at radius 3 is 2.36 bits per heavy atom. The third-order valence-electron chi connectivity index (χ3n) is 4.26. The van der Waals surface area contributed by atoms with Gasteiger partial charge in [-0.25, -0.2) is 13.1 Å². The number of aryl methyl sites for hydroxylation is 1. The molecule has 0 bridgehead atoms. The van der Waals surface area contributed by atoms with Crippen molar-refractivity contribution in [2.45, 2.75) is 30.8 Å². The molecule has 0 radical (unpaired) electrons. The van der Waals surface area contributed by atoms with Crippen molar-refractivity contribution in [3.8, 4) is 0 Å². The van der Waals surface area contributed by atoms with Crippen molar-refractivity contribution in [2.75, 3.05) is 0 Å². The molecule has 0 fully saturated rings. The molecule has 0 saturated carbocycles. The minimum absolute atomic E-state index is 0.0319. The average molecular weight is 398 g/mol. The zero-order valence-electron chi connectivity index (χ0n) is 15.5. The molecule has 146 valence electrons. The first-order valence-electron chi connectivity index (χ1n) is 8.87. The van der Waals surface area contributed by atoms with Crippen LogP contribution in [0, 0.1) is 6.92 Å². The highest BCUT2D eigenvalue weighted by atomic mass is 32.2. The number of sulfonamides is 1. The third kappa shape index (κ3) is 5.31. The van der Waals surface area contributed by atoms with Crippen molar-refractivity contribution in [3.63, 3.8) is 0 Å². The predicted molar refractivity (Wildman–Crippen MR) is 106 cm³/mol. The van der Waals surface area contributed by atoms with Gasteiger partial charge in [0.1, 0.15) is 5.76 Å². The maximum atomic E-state index is 12.8. The van der Waals surface area contributed by atoms with Gasteiger partial charge in [-0.3, -0.25) is 4.79 Å². The molecule has 3 rings (SSSR count). The second kappa shape index (κ2) is 8.86. The van der Waals surface area contributed by atoms with Crippen LogP contribution in [-0.2, 0) is 21.4 Å². The van der Waals surface area contributed by atoms with E-state index in [1.807, 2.05) is 25.1 Å². The Labute approximate surface area is 164 Å². The number of amides is 1. The van der Waals surface area contributed by atoms with Crippen molar-refractivity contribution in [3.05, 3.63) is 89.9 Å². The summed E-state index contributed by atoms with van der Waals surface area (Å²) in [7, 11) is -3.78. The van der Waals surface area contributed by atoms with Crippen LogP contribution in [0.2, 0.25) is 0 Å². The molecule has 0 aliphatic heterocycles. The van der Waals surface area contributed by atoms with Gasteiger partial charge >= 0.3 is 0 Å². The van der Waals surface area contributed by atoms with Crippen LogP contribution in [-0.4, -0.2) is 14.3 Å². The molecule has 0 aliphatic rings. The first-order valence-corrected chi connectivity index (χ1v) is 10.4. The van der Waals surface area contributed by atoms with Crippen LogP contribution in [0.25, 0.3) is 0 Å². The van der Waals surface area contributed by atoms with E-state index < -0.39 is 16.1 Å². The number of hydrogen-bond acceptors (Lipinski definition) is 4. The summed E-state index contributed by atoms with van der Waals surface area (Å²) in [6, 6.07) is 18.4. The molecule has 0 unspecified atom stereocenters. The van der Waals surface area contributed by atoms with E-state index in [4.69, 9.17) is 4.42 Å². The Bertz CT molecular complexity index is 998. The molecule has 0 saturated heterocycles. The van der Waals surface area contributed by atoms with Gasteiger partial charge in [0, 0.05) is 6.42 Å². The molecule has 2 N–H and O–H groups in total. The van der Waals surface area contributed by atoms with Crippen LogP contribution in [0.1, 0.15) is 29.3 Å². The summed E-state index contributed by atoms with van der Waals surface area (Å²) in [4.78, 5) is 12.6. The largest absolute Gasteiger partial charge is 0.467 e. The highest BCUT2D eigenvalue weighted by Gasteiger charge is 2.23. The Morgan fingerprint density at radius 2 is 1.71 bits per heavy atom. The molecule has 6 nitrogen and oxygen atoms in total. The van der Waals surface area contributed by atoms with Crippen LogP contribution in [0.5, 0.6) is 0 Å². The van der Waals surface area contributed by atoms with Gasteiger partial charge in [0.05, 0.1) is 23.7 Å². The van der Waals surface area contributed by atoms with Gasteiger partial charge < -0.3 is 9.73 Å². The number of hydrogen-bond donors (Lipinski definition) is 2. The zero-order chi connectivity index (χ0) is 20.0. The lowest BCUT2D eigenvalue weighted by molar-refractivity contribution is -0.121. The lowest BCUT2D eigenvalue weighted by atomic mass is 10.0. The van der Waals surface area contributed by atoms with E-state index >= 15 is 0 Å². The van der Waals surface area contributed by atoms with Gasteiger partial charge in [-0.2, -0.15) is 0 Å². The normalized spacial score (nSPS) is 12.5. The fourth-order valence-electron chi connectivity index (χ4n) is 2.74. The van der Waals surface area contributed by atoms with E-state index in [9.17, 15) is 13.2 Å². The van der Waals surface area contributed by atoms with Crippen molar-refractivity contribution < 1.29 is 17.6 Å². The highest BCUT2D eigenvalue weighted by Crippen LogP contribution is 2.21. The van der Waals surface area contributed by atoms with E-state index in [0.717, 1.165) is 5.56 Å². The summed E-state index contributed by atoms with van der Waals surface area (Å²) >= 11 is 0. The SMILES string of the molecule is Cc1ccc(S(=O)(=O)N[C@@H](CC(=O)NCc2ccco2)c2ccccc2)cc1. The molecule has 1 amide bonds. The van der Waals surface area contributed by atoms with Gasteiger partial charge in [-0.1, -0.05) is 48.0 Å². The van der Waals surface area contributed by atoms with Crippen LogP contribution >= 0.6 is 0 Å². The standard InChI is InChI=1S/C21H22N2O4S/c1-16-9-11-19(12-10-16)28(25,26)23-20(17-6-3-2-4-7-17)14-21(24)22-15-18-8-5-13-27-18/h2-13,20,23H,14-15H2,1H3,(H,22,24)/t20-/m0/s1. The molecular formula is C21H22N2O4S. The Hall–Kier alpha value is -2.90. The summed E-state index contributed by atoms with van der Waals surface area (Å²) in [6.07, 6.45) is 1.50. The monoisotopic (exact) mass is 398 g/mol. The summed E-state index contributed by atoms with van der Waals surface area (Å²) in [6.45, 7) is 2.14. The van der Waals surface area contributed by atoms with Crippen molar-refractivity contribution >= 4 is 15.9 Å². The van der Waals surface area contributed by atoms with Gasteiger partial charge in [-0.05, 0) is 36.8 Å². The minimum atomic E-state index is -3.78. The molecule has 7 heteroatoms. The summed E-state index contributed by atoms with van der Waals surface area (Å²) in [5, 5.41) is 2.75. The molecule has 1 heterocycles. The van der Waals surface area contributed by atoms with E-state index in [1.54, 1.807) is 48.5 Å². The third-order valence-corrected chi connectivity index (χ3v) is 5.75. The molecule has 1 aromatic heterocycles. The van der Waals surface area contributed by atoms with Crippen LogP contribution in [0.15, 0.2) is 82.3 Å². The van der Waals surface area contributed by atoms with E-state index in [2.05, 4.69) is 10.0 Å². The van der Waals surface area contributed by atoms with Crippen molar-refractivity contribution in [1.82, 2.24) is 10.0 Å². The predicted octanol–water partition coefficient (Wildman–Crippen LogP) is 3.31. The highest BCUT2D eigenvalue weighted by molar-refractivity contribution is 7.89. The second-order valence-electron chi connectivity index (χ2n) is 6.46. The van der Waals surface area contributed by atoms with Crippen LogP contribution in [0.4, 0.5) is 0 Å². The molecular weight excluding hydrogens is 376 g/mol. The zero-order valence-corrected chi connectivity index (χ0v) is 16.3. The lowest BCUT2D eigenvalue weighted by Crippen LogP contribution is -2.33. The molecule has 3 aromatic rings. The molecule has 1 atom stereocenters. The molecule has 0 spiro atoms. The summed E-state index contributed by atoms with van der Waals surface area (Å²) < 4.78 is 33.4. The second-order valence-corrected chi connectivity index (χ2v) is 8.17. The van der Waals surface area contributed by atoms with Crippen molar-refractivity contribution in [1.29, 1.82) is 0 Å². The Balaban J connectivity index is 1.75. The Morgan fingerprint density at radius 1 is 1.00 bits per heavy atom. The smallest absolute Gasteiger partial charge is 0.241 e. The minimum Gasteiger partial charge on any atom is -0.467 e. The number of benzene rings is 2. The van der Waals surface area contributed by atoms with Crippen LogP contribution < -0.4 is 10.0 Å². The first-order chi connectivity index (χ1) is 13.4. The topological polar surface area (TPSA) is 88.4 Å². The number of carbonyl (C=O) groups excluding carboxylic acids is 1. The van der Waals surface area contributed by atoms with E-state index in [0.29, 0.717) is 11.3 Å². The molecule has 0 aliphatic carbocycles. The quantitative estimate of drug-likeness (QED) is 0.609. The van der Waals surface area contributed by atoms with E-state index in [1.165, 1.54) is 6.26 Å². The number of rotatable bonds is 8. The van der Waals surface area contributed by atoms with Gasteiger partial charge in [0.25, 0.3) is 0 Å². The number of nitrogens with one attached hydrogen (secondary N) is 2. The Kier molecular flexibility index (Phi) is 6.28. The average Bonchev–Trinajstić information content (AvgIpc) is 3.20. The van der Waals surface area contributed by atoms with Gasteiger partial charge in [-0.15, -0.1) is 0 Å². The van der Waals surface area contributed by atoms with Gasteiger partial charge in [0.2, 0.25) is 15.9 Å². The fraction of sp³-hybridized carbons (Fsp3) is 0.190. The summed E-state index contributed by atoms with van der Waals surface area (Å²) in [5.74, 6) is 0.349. The van der Waals surface area contributed by atoms with Crippen LogP contribution in [0.3, 0.4) is 0 Å². The van der Waals surface area contributed by atoms with E-state index in [-0.39, 0.29) is 23.8 Å². The fourth-order valence-corrected chi connectivity index (χ4v) is 3.97.